The average molecular weight is 420 g/mol. The van der Waals surface area contributed by atoms with Gasteiger partial charge in [0.25, 0.3) is 0 Å². The number of anilines is 1. The van der Waals surface area contributed by atoms with Crippen LogP contribution in [0.3, 0.4) is 0 Å². The summed E-state index contributed by atoms with van der Waals surface area (Å²) in [6.45, 7) is 11.1. The van der Waals surface area contributed by atoms with Crippen molar-refractivity contribution < 1.29 is 9.53 Å². The molecule has 158 valence electrons. The highest BCUT2D eigenvalue weighted by Crippen LogP contribution is 2.16. The van der Waals surface area contributed by atoms with E-state index in [4.69, 9.17) is 16.3 Å². The first-order valence-electron chi connectivity index (χ1n) is 10.1. The van der Waals surface area contributed by atoms with Gasteiger partial charge in [-0.15, -0.1) is 0 Å². The van der Waals surface area contributed by atoms with E-state index in [-0.39, 0.29) is 18.0 Å². The third kappa shape index (κ3) is 5.95. The number of rotatable bonds is 8. The molecule has 8 heteroatoms. The summed E-state index contributed by atoms with van der Waals surface area (Å²) in [7, 11) is 0. The largest absolute Gasteiger partial charge is 0.492 e. The maximum Gasteiger partial charge on any atom is 0.242 e. The van der Waals surface area contributed by atoms with Gasteiger partial charge in [0.2, 0.25) is 5.91 Å². The van der Waals surface area contributed by atoms with Gasteiger partial charge in [-0.3, -0.25) is 14.6 Å². The predicted octanol–water partition coefficient (Wildman–Crippen LogP) is 3.14. The van der Waals surface area contributed by atoms with E-state index in [2.05, 4.69) is 20.2 Å². The summed E-state index contributed by atoms with van der Waals surface area (Å²) in [5.74, 6) is 1.58. The standard InChI is InChI=1S/C21H30ClN5O2/c1-16(2)27-20(8-9-23-27)24-21(28)17(3)26-12-10-25(11-13-26)14-15-29-19-6-4-18(22)5-7-19/h4-9,16-17H,10-15H2,1-3H3,(H,24,28). The zero-order chi connectivity index (χ0) is 20.8. The minimum absolute atomic E-state index is 0.00641. The van der Waals surface area contributed by atoms with Crippen molar-refractivity contribution in [2.45, 2.75) is 32.9 Å². The number of nitrogens with zero attached hydrogens (tertiary/aromatic N) is 4. The number of nitrogens with one attached hydrogen (secondary N) is 1. The highest BCUT2D eigenvalue weighted by molar-refractivity contribution is 6.30. The fraction of sp³-hybridized carbons (Fsp3) is 0.524. The molecule has 1 atom stereocenters. The van der Waals surface area contributed by atoms with Crippen molar-refractivity contribution >= 4 is 23.3 Å². The third-order valence-electron chi connectivity index (χ3n) is 5.23. The highest BCUT2D eigenvalue weighted by atomic mass is 35.5. The Balaban J connectivity index is 1.40. The average Bonchev–Trinajstić information content (AvgIpc) is 3.18. The lowest BCUT2D eigenvalue weighted by atomic mass is 10.2. The Kier molecular flexibility index (Phi) is 7.52. The van der Waals surface area contributed by atoms with E-state index >= 15 is 0 Å². The van der Waals surface area contributed by atoms with Gasteiger partial charge >= 0.3 is 0 Å². The summed E-state index contributed by atoms with van der Waals surface area (Å²) in [4.78, 5) is 17.3. The molecule has 1 aliphatic rings. The molecule has 1 saturated heterocycles. The quantitative estimate of drug-likeness (QED) is 0.712. The molecule has 1 aromatic carbocycles. The minimum atomic E-state index is -0.182. The second kappa shape index (κ2) is 10.1. The van der Waals surface area contributed by atoms with Crippen LogP contribution in [0.15, 0.2) is 36.5 Å². The van der Waals surface area contributed by atoms with Crippen LogP contribution in [0, 0.1) is 0 Å². The Morgan fingerprint density at radius 1 is 1.14 bits per heavy atom. The molecule has 1 aromatic heterocycles. The lowest BCUT2D eigenvalue weighted by molar-refractivity contribution is -0.121. The zero-order valence-corrected chi connectivity index (χ0v) is 18.1. The molecule has 2 heterocycles. The smallest absolute Gasteiger partial charge is 0.242 e. The van der Waals surface area contributed by atoms with Crippen LogP contribution in [-0.4, -0.2) is 70.9 Å². The van der Waals surface area contributed by atoms with Crippen molar-refractivity contribution in [2.24, 2.45) is 0 Å². The lowest BCUT2D eigenvalue weighted by Gasteiger charge is -2.37. The van der Waals surface area contributed by atoms with Gasteiger partial charge < -0.3 is 10.1 Å². The number of halogens is 1. The number of hydrogen-bond acceptors (Lipinski definition) is 5. The maximum absolute atomic E-state index is 12.7. The van der Waals surface area contributed by atoms with Gasteiger partial charge in [0.05, 0.1) is 12.2 Å². The summed E-state index contributed by atoms with van der Waals surface area (Å²) in [6.07, 6.45) is 1.71. The first-order valence-corrected chi connectivity index (χ1v) is 10.5. The molecule has 29 heavy (non-hydrogen) atoms. The van der Waals surface area contributed by atoms with E-state index in [1.165, 1.54) is 0 Å². The molecule has 1 N–H and O–H groups in total. The Morgan fingerprint density at radius 2 is 1.83 bits per heavy atom. The van der Waals surface area contributed by atoms with E-state index < -0.39 is 0 Å². The first kappa shape index (κ1) is 21.6. The van der Waals surface area contributed by atoms with E-state index in [1.807, 2.05) is 55.8 Å². The number of carbonyl (C=O) groups excluding carboxylic acids is 1. The Hall–Kier alpha value is -2.09. The first-order chi connectivity index (χ1) is 13.9. The number of aromatic nitrogens is 2. The van der Waals surface area contributed by atoms with Crippen LogP contribution in [0.25, 0.3) is 0 Å². The Labute approximate surface area is 177 Å². The lowest BCUT2D eigenvalue weighted by Crippen LogP contribution is -2.53. The van der Waals surface area contributed by atoms with Crippen LogP contribution >= 0.6 is 11.6 Å². The zero-order valence-electron chi connectivity index (χ0n) is 17.3. The van der Waals surface area contributed by atoms with Crippen LogP contribution in [0.1, 0.15) is 26.8 Å². The number of carbonyl (C=O) groups is 1. The predicted molar refractivity (Wildman–Crippen MR) is 116 cm³/mol. The van der Waals surface area contributed by atoms with Gasteiger partial charge in [-0.05, 0) is 45.0 Å². The van der Waals surface area contributed by atoms with Crippen LogP contribution in [0.4, 0.5) is 5.82 Å². The van der Waals surface area contributed by atoms with Crippen molar-refractivity contribution in [3.05, 3.63) is 41.6 Å². The fourth-order valence-electron chi connectivity index (χ4n) is 3.42. The molecule has 2 aromatic rings. The van der Waals surface area contributed by atoms with Crippen LogP contribution in [0.2, 0.25) is 5.02 Å². The molecule has 0 aliphatic carbocycles. The highest BCUT2D eigenvalue weighted by Gasteiger charge is 2.26. The SMILES string of the molecule is CC(C(=O)Nc1ccnn1C(C)C)N1CCN(CCOc2ccc(Cl)cc2)CC1. The van der Waals surface area contributed by atoms with Crippen molar-refractivity contribution in [3.63, 3.8) is 0 Å². The van der Waals surface area contributed by atoms with Gasteiger partial charge in [-0.2, -0.15) is 5.10 Å². The molecular weight excluding hydrogens is 390 g/mol. The summed E-state index contributed by atoms with van der Waals surface area (Å²) in [5.41, 5.74) is 0. The van der Waals surface area contributed by atoms with Crippen molar-refractivity contribution in [1.29, 1.82) is 0 Å². The van der Waals surface area contributed by atoms with Crippen LogP contribution in [0.5, 0.6) is 5.75 Å². The molecule has 0 bridgehead atoms. The molecule has 1 amide bonds. The fourth-order valence-corrected chi connectivity index (χ4v) is 3.54. The van der Waals surface area contributed by atoms with Gasteiger partial charge in [0.15, 0.2) is 0 Å². The number of hydrogen-bond donors (Lipinski definition) is 1. The molecule has 0 saturated carbocycles. The van der Waals surface area contributed by atoms with E-state index in [0.29, 0.717) is 11.6 Å². The third-order valence-corrected chi connectivity index (χ3v) is 5.49. The summed E-state index contributed by atoms with van der Waals surface area (Å²) in [5, 5.41) is 7.99. The van der Waals surface area contributed by atoms with Crippen molar-refractivity contribution in [3.8, 4) is 5.75 Å². The second-order valence-corrected chi connectivity index (χ2v) is 8.04. The van der Waals surface area contributed by atoms with Gasteiger partial charge in [-0.1, -0.05) is 11.6 Å². The van der Waals surface area contributed by atoms with Crippen LogP contribution in [-0.2, 0) is 4.79 Å². The summed E-state index contributed by atoms with van der Waals surface area (Å²) < 4.78 is 7.60. The van der Waals surface area contributed by atoms with E-state index in [0.717, 1.165) is 44.3 Å². The molecular formula is C21H30ClN5O2. The van der Waals surface area contributed by atoms with Crippen molar-refractivity contribution in [1.82, 2.24) is 19.6 Å². The molecule has 1 unspecified atom stereocenters. The Morgan fingerprint density at radius 3 is 2.48 bits per heavy atom. The molecule has 1 aliphatic heterocycles. The molecule has 0 spiro atoms. The summed E-state index contributed by atoms with van der Waals surface area (Å²) in [6, 6.07) is 9.28. The summed E-state index contributed by atoms with van der Waals surface area (Å²) >= 11 is 5.89. The molecule has 1 fully saturated rings. The number of amides is 1. The van der Waals surface area contributed by atoms with Gasteiger partial charge in [-0.25, -0.2) is 4.68 Å². The normalized spacial score (nSPS) is 16.7. The van der Waals surface area contributed by atoms with Gasteiger partial charge in [0, 0.05) is 49.9 Å². The van der Waals surface area contributed by atoms with Crippen LogP contribution < -0.4 is 10.1 Å². The van der Waals surface area contributed by atoms with E-state index in [9.17, 15) is 4.79 Å². The number of piperazine rings is 1. The minimum Gasteiger partial charge on any atom is -0.492 e. The number of ether oxygens (including phenoxy) is 1. The van der Waals surface area contributed by atoms with Crippen molar-refractivity contribution in [2.75, 3.05) is 44.6 Å². The molecule has 3 rings (SSSR count). The molecule has 7 nitrogen and oxygen atoms in total. The van der Waals surface area contributed by atoms with Gasteiger partial charge in [0.1, 0.15) is 18.2 Å². The second-order valence-electron chi connectivity index (χ2n) is 7.60. The Bertz CT molecular complexity index is 785. The maximum atomic E-state index is 12.7. The topological polar surface area (TPSA) is 62.6 Å². The molecule has 0 radical (unpaired) electrons. The number of benzene rings is 1. The monoisotopic (exact) mass is 419 g/mol. The van der Waals surface area contributed by atoms with E-state index in [1.54, 1.807) is 6.20 Å².